The predicted octanol–water partition coefficient (Wildman–Crippen LogP) is 0.242. The number of aromatic amines is 1. The fourth-order valence-corrected chi connectivity index (χ4v) is 0.856. The molecular weight excluding hydrogens is 148 g/mol. The minimum atomic E-state index is -0.105. The van der Waals surface area contributed by atoms with Crippen LogP contribution in [0.3, 0.4) is 0 Å². The normalized spacial score (nSPS) is 9.70. The Labute approximate surface area is 63.9 Å². The van der Waals surface area contributed by atoms with Gasteiger partial charge in [-0.1, -0.05) is 0 Å². The molecule has 0 saturated carbocycles. The number of hydrogen-bond donors (Lipinski definition) is 2. The van der Waals surface area contributed by atoms with Crippen molar-refractivity contribution in [2.24, 2.45) is 0 Å². The number of hydrogen-bond acceptors (Lipinski definition) is 3. The molecule has 1 N–H and O–H groups in total. The van der Waals surface area contributed by atoms with Gasteiger partial charge in [0.1, 0.15) is 5.82 Å². The highest BCUT2D eigenvalue weighted by Crippen LogP contribution is 1.87. The van der Waals surface area contributed by atoms with Crippen LogP contribution in [0.25, 0.3) is 0 Å². The third-order valence-corrected chi connectivity index (χ3v) is 1.30. The number of nitrogens with zero attached hydrogens (tertiary/aromatic N) is 1. The number of H-pyrrole nitrogens is 1. The van der Waals surface area contributed by atoms with E-state index in [9.17, 15) is 4.79 Å². The van der Waals surface area contributed by atoms with Gasteiger partial charge in [0.25, 0.3) is 5.56 Å². The lowest BCUT2D eigenvalue weighted by molar-refractivity contribution is 0.929. The molecule has 0 fully saturated rings. The van der Waals surface area contributed by atoms with Crippen molar-refractivity contribution < 1.29 is 0 Å². The van der Waals surface area contributed by atoms with Crippen LogP contribution in [0.4, 0.5) is 0 Å². The molecule has 0 spiro atoms. The van der Waals surface area contributed by atoms with Crippen molar-refractivity contribution in [2.75, 3.05) is 5.75 Å². The van der Waals surface area contributed by atoms with Crippen LogP contribution in [0.1, 0.15) is 5.82 Å². The second-order valence-corrected chi connectivity index (χ2v) is 2.30. The van der Waals surface area contributed by atoms with Gasteiger partial charge in [-0.2, -0.15) is 12.6 Å². The van der Waals surface area contributed by atoms with Crippen molar-refractivity contribution in [1.29, 1.82) is 0 Å². The fourth-order valence-electron chi connectivity index (χ4n) is 0.644. The minimum Gasteiger partial charge on any atom is -0.311 e. The maximum absolute atomic E-state index is 10.6. The number of thiol groups is 1. The molecule has 4 heteroatoms. The molecule has 0 saturated heterocycles. The molecule has 0 aliphatic carbocycles. The molecule has 1 aromatic heterocycles. The molecule has 54 valence electrons. The van der Waals surface area contributed by atoms with Crippen molar-refractivity contribution >= 4 is 12.6 Å². The molecule has 0 amide bonds. The van der Waals surface area contributed by atoms with Gasteiger partial charge in [-0.15, -0.1) is 0 Å². The summed E-state index contributed by atoms with van der Waals surface area (Å²) >= 11 is 4.00. The standard InChI is InChI=1S/C6H8N2OS/c9-6-1-3-7-5(8-6)2-4-10/h1,3,10H,2,4H2,(H,7,8,9). The highest BCUT2D eigenvalue weighted by Gasteiger charge is 1.90. The quantitative estimate of drug-likeness (QED) is 0.603. The lowest BCUT2D eigenvalue weighted by Crippen LogP contribution is -2.08. The molecule has 0 atom stereocenters. The van der Waals surface area contributed by atoms with Gasteiger partial charge in [0.2, 0.25) is 0 Å². The van der Waals surface area contributed by atoms with Crippen molar-refractivity contribution in [1.82, 2.24) is 9.97 Å². The van der Waals surface area contributed by atoms with E-state index in [0.29, 0.717) is 18.0 Å². The first kappa shape index (κ1) is 7.34. The molecule has 1 rings (SSSR count). The summed E-state index contributed by atoms with van der Waals surface area (Å²) in [5.74, 6) is 1.40. The average Bonchev–Trinajstić information content (AvgIpc) is 1.88. The summed E-state index contributed by atoms with van der Waals surface area (Å²) in [5, 5.41) is 0. The third-order valence-electron chi connectivity index (χ3n) is 1.07. The first-order valence-corrected chi connectivity index (χ1v) is 3.61. The highest BCUT2D eigenvalue weighted by molar-refractivity contribution is 7.80. The van der Waals surface area contributed by atoms with Gasteiger partial charge in [0.05, 0.1) is 0 Å². The molecule has 3 nitrogen and oxygen atoms in total. The van der Waals surface area contributed by atoms with Gasteiger partial charge in [0, 0.05) is 18.7 Å². The molecular formula is C6H8N2OS. The summed E-state index contributed by atoms with van der Waals surface area (Å²) in [7, 11) is 0. The second kappa shape index (κ2) is 3.41. The van der Waals surface area contributed by atoms with Crippen molar-refractivity contribution in [3.8, 4) is 0 Å². The zero-order chi connectivity index (χ0) is 7.40. The van der Waals surface area contributed by atoms with Crippen molar-refractivity contribution in [2.45, 2.75) is 6.42 Å². The zero-order valence-electron chi connectivity index (χ0n) is 5.37. The SMILES string of the molecule is O=c1ccnc(CCS)[nH]1. The van der Waals surface area contributed by atoms with Crippen molar-refractivity contribution in [3.05, 3.63) is 28.4 Å². The first-order valence-electron chi connectivity index (χ1n) is 2.98. The Hall–Kier alpha value is -0.770. The Morgan fingerprint density at radius 1 is 1.70 bits per heavy atom. The Morgan fingerprint density at radius 3 is 3.10 bits per heavy atom. The van der Waals surface area contributed by atoms with Gasteiger partial charge in [-0.05, 0) is 5.75 Å². The number of aryl methyl sites for hydroxylation is 1. The Balaban J connectivity index is 2.85. The zero-order valence-corrected chi connectivity index (χ0v) is 6.27. The van der Waals surface area contributed by atoms with Crippen LogP contribution >= 0.6 is 12.6 Å². The number of nitrogens with one attached hydrogen (secondary N) is 1. The van der Waals surface area contributed by atoms with Crippen LogP contribution in [-0.4, -0.2) is 15.7 Å². The predicted molar refractivity (Wildman–Crippen MR) is 42.4 cm³/mol. The minimum absolute atomic E-state index is 0.105. The van der Waals surface area contributed by atoms with Crippen LogP contribution in [0.15, 0.2) is 17.1 Å². The Bertz CT molecular complexity index is 258. The van der Waals surface area contributed by atoms with E-state index in [2.05, 4.69) is 22.6 Å². The number of rotatable bonds is 2. The molecule has 1 heterocycles. The summed E-state index contributed by atoms with van der Waals surface area (Å²) in [6.07, 6.45) is 2.21. The van der Waals surface area contributed by atoms with Crippen LogP contribution in [0.2, 0.25) is 0 Å². The Morgan fingerprint density at radius 2 is 2.50 bits per heavy atom. The van der Waals surface area contributed by atoms with Gasteiger partial charge in [-0.3, -0.25) is 4.79 Å². The topological polar surface area (TPSA) is 45.8 Å². The summed E-state index contributed by atoms with van der Waals surface area (Å²) in [5.41, 5.74) is -0.105. The van der Waals surface area contributed by atoms with E-state index in [4.69, 9.17) is 0 Å². The van der Waals surface area contributed by atoms with Gasteiger partial charge >= 0.3 is 0 Å². The van der Waals surface area contributed by atoms with E-state index in [1.165, 1.54) is 12.3 Å². The molecule has 0 radical (unpaired) electrons. The highest BCUT2D eigenvalue weighted by atomic mass is 32.1. The van der Waals surface area contributed by atoms with Crippen LogP contribution in [-0.2, 0) is 6.42 Å². The smallest absolute Gasteiger partial charge is 0.250 e. The molecule has 0 bridgehead atoms. The summed E-state index contributed by atoms with van der Waals surface area (Å²) in [6.45, 7) is 0. The summed E-state index contributed by atoms with van der Waals surface area (Å²) in [4.78, 5) is 17.2. The van der Waals surface area contributed by atoms with Gasteiger partial charge < -0.3 is 4.98 Å². The second-order valence-electron chi connectivity index (χ2n) is 1.85. The summed E-state index contributed by atoms with van der Waals surface area (Å²) in [6, 6.07) is 1.39. The van der Waals surface area contributed by atoms with Crippen LogP contribution in [0, 0.1) is 0 Å². The van der Waals surface area contributed by atoms with E-state index >= 15 is 0 Å². The molecule has 10 heavy (non-hydrogen) atoms. The fraction of sp³-hybridized carbons (Fsp3) is 0.333. The molecule has 0 aromatic carbocycles. The lowest BCUT2D eigenvalue weighted by atomic mass is 10.4. The van der Waals surface area contributed by atoms with Crippen LogP contribution in [0.5, 0.6) is 0 Å². The largest absolute Gasteiger partial charge is 0.311 e. The average molecular weight is 156 g/mol. The van der Waals surface area contributed by atoms with Crippen molar-refractivity contribution in [3.63, 3.8) is 0 Å². The van der Waals surface area contributed by atoms with E-state index in [1.54, 1.807) is 0 Å². The van der Waals surface area contributed by atoms with E-state index in [0.717, 1.165) is 0 Å². The molecule has 0 aliphatic rings. The maximum atomic E-state index is 10.6. The maximum Gasteiger partial charge on any atom is 0.250 e. The summed E-state index contributed by atoms with van der Waals surface area (Å²) < 4.78 is 0. The first-order chi connectivity index (χ1) is 4.83. The van der Waals surface area contributed by atoms with Crippen LogP contribution < -0.4 is 5.56 Å². The molecule has 0 unspecified atom stereocenters. The monoisotopic (exact) mass is 156 g/mol. The van der Waals surface area contributed by atoms with Gasteiger partial charge in [0.15, 0.2) is 0 Å². The van der Waals surface area contributed by atoms with E-state index < -0.39 is 0 Å². The van der Waals surface area contributed by atoms with Gasteiger partial charge in [-0.25, -0.2) is 4.98 Å². The third kappa shape index (κ3) is 1.88. The van der Waals surface area contributed by atoms with E-state index in [-0.39, 0.29) is 5.56 Å². The Kier molecular flexibility index (Phi) is 2.50. The molecule has 0 aliphatic heterocycles. The molecule has 1 aromatic rings. The van der Waals surface area contributed by atoms with E-state index in [1.807, 2.05) is 0 Å². The number of aromatic nitrogens is 2. The lowest BCUT2D eigenvalue weighted by Gasteiger charge is -1.93.